The Labute approximate surface area is 144 Å². The number of aromatic nitrogens is 1. The molecule has 0 amide bonds. The Morgan fingerprint density at radius 3 is 2.96 bits per heavy atom. The van der Waals surface area contributed by atoms with Crippen molar-refractivity contribution in [3.63, 3.8) is 0 Å². The summed E-state index contributed by atoms with van der Waals surface area (Å²) in [5.41, 5.74) is 0.761. The van der Waals surface area contributed by atoms with Crippen LogP contribution >= 0.6 is 11.3 Å². The van der Waals surface area contributed by atoms with Crippen molar-refractivity contribution in [1.82, 2.24) is 15.8 Å². The lowest BCUT2D eigenvalue weighted by Crippen LogP contribution is -2.39. The quantitative estimate of drug-likeness (QED) is 0.473. The van der Waals surface area contributed by atoms with E-state index in [4.69, 9.17) is 4.52 Å². The van der Waals surface area contributed by atoms with Gasteiger partial charge in [0, 0.05) is 28.7 Å². The summed E-state index contributed by atoms with van der Waals surface area (Å²) in [7, 11) is 0. The van der Waals surface area contributed by atoms with Crippen LogP contribution < -0.4 is 10.6 Å². The summed E-state index contributed by atoms with van der Waals surface area (Å²) in [6.45, 7) is 3.54. The highest BCUT2D eigenvalue weighted by molar-refractivity contribution is 7.19. The molecule has 0 saturated heterocycles. The van der Waals surface area contributed by atoms with Crippen LogP contribution in [-0.4, -0.2) is 29.3 Å². The monoisotopic (exact) mass is 344 g/mol. The highest BCUT2D eigenvalue weighted by Gasteiger charge is 2.12. The van der Waals surface area contributed by atoms with Crippen LogP contribution in [0.3, 0.4) is 0 Å². The van der Waals surface area contributed by atoms with E-state index in [2.05, 4.69) is 32.9 Å². The molecule has 6 nitrogen and oxygen atoms in total. The van der Waals surface area contributed by atoms with Crippen LogP contribution in [-0.2, 0) is 6.54 Å². The van der Waals surface area contributed by atoms with E-state index in [1.54, 1.807) is 17.4 Å². The number of aliphatic hydroxyl groups is 1. The summed E-state index contributed by atoms with van der Waals surface area (Å²) in [6, 6.07) is 11.9. The predicted octanol–water partition coefficient (Wildman–Crippen LogP) is 2.68. The maximum atomic E-state index is 10.4. The first-order valence-electron chi connectivity index (χ1n) is 7.84. The van der Waals surface area contributed by atoms with E-state index in [9.17, 15) is 5.11 Å². The van der Waals surface area contributed by atoms with Crippen LogP contribution in [0.4, 0.5) is 0 Å². The van der Waals surface area contributed by atoms with Crippen molar-refractivity contribution in [2.75, 3.05) is 13.1 Å². The molecule has 0 aliphatic carbocycles. The fourth-order valence-electron chi connectivity index (χ4n) is 2.28. The number of aliphatic imine (C=N–C) groups is 1. The molecule has 126 valence electrons. The van der Waals surface area contributed by atoms with Gasteiger partial charge in [0.2, 0.25) is 0 Å². The second-order valence-electron chi connectivity index (χ2n) is 5.27. The standard InChI is InChI=1S/C17H20N4O2S/c1-2-18-17(19-10-13-7-8-23-21-13)20-11-14(22)16-9-12-5-3-4-6-15(12)24-16/h3-9,14,22H,2,10-11H2,1H3,(H2,18,19,20). The molecular formula is C17H20N4O2S. The van der Waals surface area contributed by atoms with Crippen molar-refractivity contribution < 1.29 is 9.63 Å². The van der Waals surface area contributed by atoms with Gasteiger partial charge in [0.1, 0.15) is 18.1 Å². The highest BCUT2D eigenvalue weighted by Crippen LogP contribution is 2.29. The molecule has 3 aromatic rings. The Bertz CT molecular complexity index is 765. The van der Waals surface area contributed by atoms with Gasteiger partial charge in [-0.25, -0.2) is 4.99 Å². The summed E-state index contributed by atoms with van der Waals surface area (Å²) in [5, 5.41) is 21.7. The van der Waals surface area contributed by atoms with Crippen LogP contribution in [0.2, 0.25) is 0 Å². The third kappa shape index (κ3) is 4.12. The van der Waals surface area contributed by atoms with Gasteiger partial charge in [-0.15, -0.1) is 11.3 Å². The molecule has 0 fully saturated rings. The minimum Gasteiger partial charge on any atom is -0.386 e. The Balaban J connectivity index is 1.61. The zero-order chi connectivity index (χ0) is 16.8. The number of aliphatic hydroxyl groups excluding tert-OH is 1. The average Bonchev–Trinajstić information content (AvgIpc) is 3.26. The molecule has 1 unspecified atom stereocenters. The molecule has 0 radical (unpaired) electrons. The van der Waals surface area contributed by atoms with Crippen LogP contribution in [0.25, 0.3) is 10.1 Å². The van der Waals surface area contributed by atoms with Gasteiger partial charge in [-0.1, -0.05) is 23.4 Å². The van der Waals surface area contributed by atoms with E-state index < -0.39 is 6.10 Å². The summed E-state index contributed by atoms with van der Waals surface area (Å²) in [4.78, 5) is 5.37. The number of hydrogen-bond donors (Lipinski definition) is 3. The first kappa shape index (κ1) is 16.5. The fraction of sp³-hybridized carbons (Fsp3) is 0.294. The van der Waals surface area contributed by atoms with Crippen molar-refractivity contribution in [2.24, 2.45) is 4.99 Å². The molecule has 0 aliphatic rings. The summed E-state index contributed by atoms with van der Waals surface area (Å²) in [5.74, 6) is 0.640. The smallest absolute Gasteiger partial charge is 0.191 e. The molecule has 24 heavy (non-hydrogen) atoms. The van der Waals surface area contributed by atoms with Crippen molar-refractivity contribution in [1.29, 1.82) is 0 Å². The van der Waals surface area contributed by atoms with Crippen LogP contribution in [0.1, 0.15) is 23.6 Å². The molecule has 0 bridgehead atoms. The second kappa shape index (κ2) is 7.94. The number of nitrogens with zero attached hydrogens (tertiary/aromatic N) is 2. The molecule has 2 heterocycles. The highest BCUT2D eigenvalue weighted by atomic mass is 32.1. The van der Waals surface area contributed by atoms with Gasteiger partial charge in [-0.05, 0) is 24.4 Å². The number of nitrogens with one attached hydrogen (secondary N) is 2. The third-order valence-electron chi connectivity index (χ3n) is 3.47. The molecule has 7 heteroatoms. The zero-order valence-electron chi connectivity index (χ0n) is 13.4. The normalized spacial score (nSPS) is 13.2. The lowest BCUT2D eigenvalue weighted by atomic mass is 10.2. The first-order chi connectivity index (χ1) is 11.8. The molecule has 3 N–H and O–H groups in total. The van der Waals surface area contributed by atoms with Gasteiger partial charge in [0.05, 0.1) is 6.54 Å². The number of guanidine groups is 1. The van der Waals surface area contributed by atoms with Gasteiger partial charge in [0.25, 0.3) is 0 Å². The average molecular weight is 344 g/mol. The summed E-state index contributed by atoms with van der Waals surface area (Å²) >= 11 is 1.61. The fourth-order valence-corrected chi connectivity index (χ4v) is 3.33. The first-order valence-corrected chi connectivity index (χ1v) is 8.66. The van der Waals surface area contributed by atoms with Crippen molar-refractivity contribution in [3.8, 4) is 0 Å². The number of rotatable bonds is 6. The van der Waals surface area contributed by atoms with Crippen molar-refractivity contribution in [3.05, 3.63) is 53.2 Å². The molecule has 3 rings (SSSR count). The number of benzene rings is 1. The second-order valence-corrected chi connectivity index (χ2v) is 6.38. The molecule has 2 aromatic heterocycles. The number of fused-ring (bicyclic) bond motifs is 1. The minimum atomic E-state index is -0.585. The van der Waals surface area contributed by atoms with E-state index in [0.29, 0.717) is 19.0 Å². The molecule has 1 atom stereocenters. The maximum Gasteiger partial charge on any atom is 0.191 e. The van der Waals surface area contributed by atoms with Crippen LogP contribution in [0.15, 0.2) is 52.2 Å². The van der Waals surface area contributed by atoms with E-state index >= 15 is 0 Å². The number of thiophene rings is 1. The van der Waals surface area contributed by atoms with E-state index in [0.717, 1.165) is 22.5 Å². The van der Waals surface area contributed by atoms with E-state index in [1.165, 1.54) is 11.0 Å². The largest absolute Gasteiger partial charge is 0.386 e. The predicted molar refractivity (Wildman–Crippen MR) is 96.1 cm³/mol. The SMILES string of the molecule is CCNC(=NCc1ccon1)NCC(O)c1cc2ccccc2s1. The lowest BCUT2D eigenvalue weighted by Gasteiger charge is -2.14. The van der Waals surface area contributed by atoms with Gasteiger partial charge in [0.15, 0.2) is 5.96 Å². The summed E-state index contributed by atoms with van der Waals surface area (Å²) < 4.78 is 5.97. The Morgan fingerprint density at radius 1 is 1.33 bits per heavy atom. The van der Waals surface area contributed by atoms with Crippen molar-refractivity contribution in [2.45, 2.75) is 19.6 Å². The Hall–Kier alpha value is -2.38. The van der Waals surface area contributed by atoms with Gasteiger partial charge >= 0.3 is 0 Å². The topological polar surface area (TPSA) is 82.7 Å². The van der Waals surface area contributed by atoms with Gasteiger partial charge in [-0.3, -0.25) is 0 Å². The van der Waals surface area contributed by atoms with E-state index in [1.807, 2.05) is 25.1 Å². The third-order valence-corrected chi connectivity index (χ3v) is 4.69. The lowest BCUT2D eigenvalue weighted by molar-refractivity contribution is 0.184. The zero-order valence-corrected chi connectivity index (χ0v) is 14.2. The summed E-state index contributed by atoms with van der Waals surface area (Å²) in [6.07, 6.45) is 0.939. The van der Waals surface area contributed by atoms with Crippen molar-refractivity contribution >= 4 is 27.4 Å². The Morgan fingerprint density at radius 2 is 2.21 bits per heavy atom. The molecule has 0 spiro atoms. The molecule has 0 saturated carbocycles. The Kier molecular flexibility index (Phi) is 5.45. The maximum absolute atomic E-state index is 10.4. The van der Waals surface area contributed by atoms with Crippen LogP contribution in [0.5, 0.6) is 0 Å². The van der Waals surface area contributed by atoms with Gasteiger partial charge < -0.3 is 20.3 Å². The minimum absolute atomic E-state index is 0.386. The molecular weight excluding hydrogens is 324 g/mol. The molecule has 0 aliphatic heterocycles. The van der Waals surface area contributed by atoms with E-state index in [-0.39, 0.29) is 0 Å². The van der Waals surface area contributed by atoms with Crippen LogP contribution in [0, 0.1) is 0 Å². The molecule has 1 aromatic carbocycles. The van der Waals surface area contributed by atoms with Gasteiger partial charge in [-0.2, -0.15) is 0 Å². The number of hydrogen-bond acceptors (Lipinski definition) is 5.